The fraction of sp³-hybridized carbons (Fsp3) is 0. The standard InChI is InChI=1S/C21H11Br2N3O3/c22-14-7-13-8-19(29-20(13)17(23)9-14)21(27)26-25-11-15-5-6-18(28-15)16-4-2-1-3-12(16)10-24/h1-9,11H,(H,26,27)/b25-11-. The van der Waals surface area contributed by atoms with Gasteiger partial charge in [0, 0.05) is 15.4 Å². The first-order valence-electron chi connectivity index (χ1n) is 8.36. The molecule has 6 nitrogen and oxygen atoms in total. The highest BCUT2D eigenvalue weighted by Crippen LogP contribution is 2.31. The summed E-state index contributed by atoms with van der Waals surface area (Å²) in [5, 5.41) is 13.9. The average Bonchev–Trinajstić information content (AvgIpc) is 3.35. The molecule has 0 fully saturated rings. The van der Waals surface area contributed by atoms with Crippen molar-refractivity contribution in [2.24, 2.45) is 5.10 Å². The van der Waals surface area contributed by atoms with Gasteiger partial charge in [0.05, 0.1) is 22.3 Å². The zero-order valence-corrected chi connectivity index (χ0v) is 17.8. The van der Waals surface area contributed by atoms with Crippen molar-refractivity contribution < 1.29 is 13.6 Å². The first-order chi connectivity index (χ1) is 14.0. The van der Waals surface area contributed by atoms with Crippen LogP contribution in [0.3, 0.4) is 0 Å². The summed E-state index contributed by atoms with van der Waals surface area (Å²) in [5.41, 5.74) is 4.20. The molecule has 0 bridgehead atoms. The molecule has 0 aliphatic rings. The van der Waals surface area contributed by atoms with Crippen molar-refractivity contribution in [3.63, 3.8) is 0 Å². The van der Waals surface area contributed by atoms with E-state index in [0.717, 1.165) is 14.3 Å². The molecule has 142 valence electrons. The zero-order chi connectivity index (χ0) is 20.4. The van der Waals surface area contributed by atoms with Gasteiger partial charge in [-0.25, -0.2) is 5.43 Å². The number of carbonyl (C=O) groups excluding carboxylic acids is 1. The predicted molar refractivity (Wildman–Crippen MR) is 116 cm³/mol. The number of carbonyl (C=O) groups is 1. The van der Waals surface area contributed by atoms with E-state index in [0.29, 0.717) is 28.2 Å². The molecule has 0 aliphatic heterocycles. The summed E-state index contributed by atoms with van der Waals surface area (Å²) in [6.07, 6.45) is 1.38. The Balaban J connectivity index is 1.48. The number of hydrogen-bond donors (Lipinski definition) is 1. The number of hydrogen-bond acceptors (Lipinski definition) is 5. The van der Waals surface area contributed by atoms with Gasteiger partial charge in [-0.15, -0.1) is 0 Å². The van der Waals surface area contributed by atoms with Crippen LogP contribution >= 0.6 is 31.9 Å². The van der Waals surface area contributed by atoms with E-state index in [4.69, 9.17) is 8.83 Å². The van der Waals surface area contributed by atoms with Crippen LogP contribution < -0.4 is 5.43 Å². The van der Waals surface area contributed by atoms with Crippen LogP contribution in [0.25, 0.3) is 22.3 Å². The number of fused-ring (bicyclic) bond motifs is 1. The molecule has 0 saturated heterocycles. The first kappa shape index (κ1) is 19.2. The molecule has 4 rings (SSSR count). The van der Waals surface area contributed by atoms with E-state index in [1.54, 1.807) is 36.4 Å². The van der Waals surface area contributed by atoms with E-state index in [-0.39, 0.29) is 5.76 Å². The number of furan rings is 2. The molecule has 0 unspecified atom stereocenters. The van der Waals surface area contributed by atoms with Crippen LogP contribution in [0.15, 0.2) is 77.5 Å². The Labute approximate surface area is 182 Å². The SMILES string of the molecule is N#Cc1ccccc1-c1ccc(/C=N\NC(=O)c2cc3cc(Br)cc(Br)c3o2)o1. The summed E-state index contributed by atoms with van der Waals surface area (Å²) >= 11 is 6.81. The third kappa shape index (κ3) is 4.01. The molecule has 0 atom stereocenters. The number of rotatable bonds is 4. The maximum atomic E-state index is 12.3. The summed E-state index contributed by atoms with van der Waals surface area (Å²) in [5.74, 6) is 0.632. The Hall–Kier alpha value is -3.15. The minimum absolute atomic E-state index is 0.138. The largest absolute Gasteiger partial charge is 0.455 e. The molecule has 1 N–H and O–H groups in total. The Morgan fingerprint density at radius 1 is 1.10 bits per heavy atom. The van der Waals surface area contributed by atoms with Crippen molar-refractivity contribution in [2.75, 3.05) is 0 Å². The number of nitrogens with one attached hydrogen (secondary N) is 1. The highest BCUT2D eigenvalue weighted by molar-refractivity contribution is 9.11. The van der Waals surface area contributed by atoms with Crippen molar-refractivity contribution in [3.8, 4) is 17.4 Å². The predicted octanol–water partition coefficient (Wildman–Crippen LogP) is 5.85. The molecule has 4 aromatic rings. The second kappa shape index (κ2) is 8.07. The van der Waals surface area contributed by atoms with Crippen molar-refractivity contribution in [2.45, 2.75) is 0 Å². The topological polar surface area (TPSA) is 91.5 Å². The third-order valence-corrected chi connectivity index (χ3v) is 5.10. The smallest absolute Gasteiger partial charge is 0.307 e. The van der Waals surface area contributed by atoms with Gasteiger partial charge in [-0.2, -0.15) is 10.4 Å². The lowest BCUT2D eigenvalue weighted by Crippen LogP contribution is -2.16. The van der Waals surface area contributed by atoms with E-state index in [1.807, 2.05) is 18.2 Å². The molecule has 8 heteroatoms. The van der Waals surface area contributed by atoms with Crippen molar-refractivity contribution >= 4 is 55.0 Å². The fourth-order valence-electron chi connectivity index (χ4n) is 2.76. The molecular weight excluding hydrogens is 502 g/mol. The molecular formula is C21H11Br2N3O3. The lowest BCUT2D eigenvalue weighted by Gasteiger charge is -1.98. The van der Waals surface area contributed by atoms with Crippen LogP contribution in [0.2, 0.25) is 0 Å². The molecule has 0 spiro atoms. The quantitative estimate of drug-likeness (QED) is 0.274. The number of amides is 1. The Morgan fingerprint density at radius 2 is 1.93 bits per heavy atom. The minimum Gasteiger partial charge on any atom is -0.455 e. The number of nitriles is 1. The monoisotopic (exact) mass is 511 g/mol. The van der Waals surface area contributed by atoms with Crippen LogP contribution in [-0.2, 0) is 0 Å². The van der Waals surface area contributed by atoms with Crippen LogP contribution in [0.4, 0.5) is 0 Å². The van der Waals surface area contributed by atoms with Crippen molar-refractivity contribution in [1.82, 2.24) is 5.43 Å². The van der Waals surface area contributed by atoms with Crippen LogP contribution in [0.5, 0.6) is 0 Å². The Morgan fingerprint density at radius 3 is 2.76 bits per heavy atom. The molecule has 0 saturated carbocycles. The number of nitrogens with zero attached hydrogens (tertiary/aromatic N) is 2. The third-order valence-electron chi connectivity index (χ3n) is 4.06. The van der Waals surface area contributed by atoms with E-state index in [9.17, 15) is 10.1 Å². The normalized spacial score (nSPS) is 11.1. The van der Waals surface area contributed by atoms with Crippen LogP contribution in [0.1, 0.15) is 21.9 Å². The van der Waals surface area contributed by atoms with Gasteiger partial charge in [-0.3, -0.25) is 4.79 Å². The van der Waals surface area contributed by atoms with E-state index >= 15 is 0 Å². The summed E-state index contributed by atoms with van der Waals surface area (Å²) in [6.45, 7) is 0. The maximum Gasteiger partial charge on any atom is 0.307 e. The van der Waals surface area contributed by atoms with E-state index < -0.39 is 5.91 Å². The number of benzene rings is 2. The lowest BCUT2D eigenvalue weighted by atomic mass is 10.1. The van der Waals surface area contributed by atoms with E-state index in [2.05, 4.69) is 48.5 Å². The fourth-order valence-corrected chi connectivity index (χ4v) is 4.10. The van der Waals surface area contributed by atoms with Gasteiger partial charge in [0.2, 0.25) is 0 Å². The molecule has 0 aliphatic carbocycles. The average molecular weight is 513 g/mol. The molecule has 2 heterocycles. The second-order valence-corrected chi connectivity index (χ2v) is 7.75. The van der Waals surface area contributed by atoms with Crippen molar-refractivity contribution in [1.29, 1.82) is 5.26 Å². The second-order valence-electron chi connectivity index (χ2n) is 5.98. The van der Waals surface area contributed by atoms with Crippen LogP contribution in [-0.4, -0.2) is 12.1 Å². The highest BCUT2D eigenvalue weighted by atomic mass is 79.9. The van der Waals surface area contributed by atoms with E-state index in [1.165, 1.54) is 6.21 Å². The lowest BCUT2D eigenvalue weighted by molar-refractivity contribution is 0.0929. The summed E-state index contributed by atoms with van der Waals surface area (Å²) in [7, 11) is 0. The summed E-state index contributed by atoms with van der Waals surface area (Å²) in [4.78, 5) is 12.3. The first-order valence-corrected chi connectivity index (χ1v) is 9.95. The highest BCUT2D eigenvalue weighted by Gasteiger charge is 2.14. The maximum absolute atomic E-state index is 12.3. The molecule has 29 heavy (non-hydrogen) atoms. The number of halogens is 2. The minimum atomic E-state index is -0.484. The van der Waals surface area contributed by atoms with Gasteiger partial charge in [0.25, 0.3) is 0 Å². The Kier molecular flexibility index (Phi) is 5.34. The van der Waals surface area contributed by atoms with Gasteiger partial charge < -0.3 is 8.83 Å². The van der Waals surface area contributed by atoms with Gasteiger partial charge in [0.15, 0.2) is 5.76 Å². The Bertz CT molecular complexity index is 1300. The van der Waals surface area contributed by atoms with Gasteiger partial charge >= 0.3 is 5.91 Å². The van der Waals surface area contributed by atoms with Gasteiger partial charge in [0.1, 0.15) is 17.1 Å². The van der Waals surface area contributed by atoms with Gasteiger partial charge in [-0.1, -0.05) is 28.1 Å². The van der Waals surface area contributed by atoms with Gasteiger partial charge in [-0.05, 0) is 58.4 Å². The molecule has 2 aromatic heterocycles. The summed E-state index contributed by atoms with van der Waals surface area (Å²) < 4.78 is 12.9. The van der Waals surface area contributed by atoms with Crippen molar-refractivity contribution in [3.05, 3.63) is 80.6 Å². The summed E-state index contributed by atoms with van der Waals surface area (Å²) in [6, 6.07) is 18.1. The number of hydrazone groups is 1. The zero-order valence-electron chi connectivity index (χ0n) is 14.6. The molecule has 2 aromatic carbocycles. The molecule has 1 amide bonds. The van der Waals surface area contributed by atoms with Crippen LogP contribution in [0, 0.1) is 11.3 Å². The molecule has 0 radical (unpaired) electrons.